The molecule has 6 heteroatoms. The molecule has 4 aromatic heterocycles. The van der Waals surface area contributed by atoms with Crippen molar-refractivity contribution in [1.29, 1.82) is 0 Å². The molecule has 0 amide bonds. The van der Waals surface area contributed by atoms with E-state index in [1.807, 2.05) is 60.8 Å². The second-order valence-corrected chi connectivity index (χ2v) is 18.6. The summed E-state index contributed by atoms with van der Waals surface area (Å²) in [5, 5.41) is 4.12. The number of nitrogens with zero attached hydrogens (tertiary/aromatic N) is 5. The van der Waals surface area contributed by atoms with E-state index in [9.17, 15) is 2.74 Å². The van der Waals surface area contributed by atoms with Gasteiger partial charge in [-0.1, -0.05) is 160 Å². The molecule has 332 valence electrons. The quantitative estimate of drug-likeness (QED) is 0.135. The standard InChI is InChI=1S/C62H49N5.Pt/c1-39(2)43-27-28-49-50-25-16-30-63-60(50)67(56(49)36-43)48-24-15-19-44(35-48)51-37-46(62(4,5)45-20-11-7-12-21-45)38-57-59(51)65-61(66(57)47-22-13-8-14-23-47)54-34-42(32-41-17-9-6-10-18-41)33-53-52-31-40(3)26-29-55(52)64-58(53)54;/h6-31,33-34,36-39H,32H2,1-5H3;/q-2;+2/i32D2;. The van der Waals surface area contributed by atoms with Crippen molar-refractivity contribution in [3.05, 3.63) is 228 Å². The number of benzene rings is 8. The van der Waals surface area contributed by atoms with E-state index < -0.39 is 11.8 Å². The summed E-state index contributed by atoms with van der Waals surface area (Å²) in [7, 11) is 0. The number of rotatable bonds is 9. The van der Waals surface area contributed by atoms with Gasteiger partial charge in [0, 0.05) is 36.4 Å². The van der Waals surface area contributed by atoms with Crippen molar-refractivity contribution >= 4 is 54.8 Å². The van der Waals surface area contributed by atoms with Crippen LogP contribution >= 0.6 is 0 Å². The van der Waals surface area contributed by atoms with Gasteiger partial charge in [0.1, 0.15) is 11.5 Å². The van der Waals surface area contributed by atoms with Gasteiger partial charge in [0.15, 0.2) is 0 Å². The summed E-state index contributed by atoms with van der Waals surface area (Å²) in [6.45, 7) is 11.1. The van der Waals surface area contributed by atoms with Crippen molar-refractivity contribution in [2.75, 3.05) is 0 Å². The predicted octanol–water partition coefficient (Wildman–Crippen LogP) is 15.3. The predicted molar refractivity (Wildman–Crippen MR) is 278 cm³/mol. The topological polar surface area (TPSA) is 49.7 Å². The molecular weight excluding hydrogens is 1010 g/mol. The average molecular weight is 1060 g/mol. The van der Waals surface area contributed by atoms with Gasteiger partial charge in [-0.15, -0.1) is 40.9 Å². The summed E-state index contributed by atoms with van der Waals surface area (Å²) in [5.41, 5.74) is 15.1. The van der Waals surface area contributed by atoms with Gasteiger partial charge in [0.25, 0.3) is 0 Å². The Morgan fingerprint density at radius 3 is 2.18 bits per heavy atom. The Morgan fingerprint density at radius 2 is 1.40 bits per heavy atom. The maximum atomic E-state index is 9.72. The van der Waals surface area contributed by atoms with Crippen LogP contribution in [-0.2, 0) is 32.9 Å². The Bertz CT molecular complexity index is 3940. The monoisotopic (exact) mass is 1060 g/mol. The molecule has 0 aliphatic carbocycles. The number of aromatic nitrogens is 5. The van der Waals surface area contributed by atoms with Gasteiger partial charge < -0.3 is 9.55 Å². The van der Waals surface area contributed by atoms with Gasteiger partial charge in [-0.05, 0) is 106 Å². The van der Waals surface area contributed by atoms with E-state index in [0.29, 0.717) is 22.9 Å². The first kappa shape index (κ1) is 40.9. The van der Waals surface area contributed by atoms with Crippen LogP contribution in [0.5, 0.6) is 0 Å². The molecule has 0 spiro atoms. The smallest absolute Gasteiger partial charge is 0.656 e. The zero-order valence-corrected chi connectivity index (χ0v) is 40.8. The summed E-state index contributed by atoms with van der Waals surface area (Å²) in [4.78, 5) is 16.0. The molecule has 68 heavy (non-hydrogen) atoms. The van der Waals surface area contributed by atoms with Crippen molar-refractivity contribution in [3.63, 3.8) is 0 Å². The zero-order valence-electron chi connectivity index (χ0n) is 40.5. The van der Waals surface area contributed by atoms with Crippen molar-refractivity contribution < 1.29 is 23.8 Å². The number of aryl methyl sites for hydroxylation is 1. The summed E-state index contributed by atoms with van der Waals surface area (Å²) in [6, 6.07) is 66.6. The number of fused-ring (bicyclic) bond motifs is 7. The third-order valence-corrected chi connectivity index (χ3v) is 13.6. The Kier molecular flexibility index (Phi) is 10.3. The fourth-order valence-electron chi connectivity index (χ4n) is 9.97. The van der Waals surface area contributed by atoms with Crippen LogP contribution in [0.1, 0.15) is 69.7 Å². The first-order valence-electron chi connectivity index (χ1n) is 24.1. The van der Waals surface area contributed by atoms with E-state index in [1.165, 1.54) is 11.1 Å². The second-order valence-electron chi connectivity index (χ2n) is 18.6. The molecule has 12 rings (SSSR count). The molecule has 0 bridgehead atoms. The van der Waals surface area contributed by atoms with Gasteiger partial charge in [0.05, 0.1) is 16.6 Å². The first-order chi connectivity index (χ1) is 33.5. The average Bonchev–Trinajstić information content (AvgIpc) is 4.06. The van der Waals surface area contributed by atoms with E-state index in [0.717, 1.165) is 94.0 Å². The molecule has 4 heterocycles. The molecule has 0 aliphatic rings. The van der Waals surface area contributed by atoms with Crippen molar-refractivity contribution in [2.24, 2.45) is 0 Å². The van der Waals surface area contributed by atoms with Crippen molar-refractivity contribution in [3.8, 4) is 33.9 Å². The van der Waals surface area contributed by atoms with Crippen LogP contribution in [0, 0.1) is 13.0 Å². The van der Waals surface area contributed by atoms with Crippen LogP contribution in [0.25, 0.3) is 88.7 Å². The summed E-state index contributed by atoms with van der Waals surface area (Å²) in [5.74, 6) is 1.03. The van der Waals surface area contributed by atoms with E-state index in [2.05, 4.69) is 177 Å². The van der Waals surface area contributed by atoms with Gasteiger partial charge in [-0.2, -0.15) is 0 Å². The van der Waals surface area contributed by atoms with Crippen LogP contribution in [0.2, 0.25) is 0 Å². The second kappa shape index (κ2) is 17.1. The summed E-state index contributed by atoms with van der Waals surface area (Å²) < 4.78 is 23.9. The van der Waals surface area contributed by atoms with Gasteiger partial charge in [0.2, 0.25) is 0 Å². The third-order valence-electron chi connectivity index (χ3n) is 13.6. The molecule has 8 aromatic carbocycles. The molecule has 0 atom stereocenters. The molecule has 0 radical (unpaired) electrons. The van der Waals surface area contributed by atoms with E-state index >= 15 is 0 Å². The molecule has 12 aromatic rings. The van der Waals surface area contributed by atoms with Gasteiger partial charge in [-0.25, -0.2) is 9.97 Å². The molecule has 0 unspecified atom stereocenters. The minimum Gasteiger partial charge on any atom is -0.656 e. The van der Waals surface area contributed by atoms with Gasteiger partial charge in [-0.3, -0.25) is 4.57 Å². The number of hydrogen-bond acceptors (Lipinski definition) is 2. The largest absolute Gasteiger partial charge is 2.00 e. The SMILES string of the molecule is [2H]C([2H])(c1ccccc1)c1cc(-c2nc3c(-c4[c-]c(-n5c6cc(C(C)C)ccc6c6cccnc65)ccc4)cc(C(C)(C)c4ccccc4)cc3n2-c2ccccc2)c2[n-]c3ccc(C)cc3c2c1.[Pt+2]. The molecule has 0 saturated carbocycles. The molecule has 0 fully saturated rings. The number of hydrogen-bond donors (Lipinski definition) is 0. The minimum atomic E-state index is -1.83. The molecule has 0 aliphatic heterocycles. The molecule has 0 saturated heterocycles. The Balaban J connectivity index is 0.00000533. The number of para-hydroxylation sites is 1. The normalized spacial score (nSPS) is 12.6. The van der Waals surface area contributed by atoms with Crippen LogP contribution in [0.15, 0.2) is 188 Å². The fraction of sp³-hybridized carbons (Fsp3) is 0.129. The summed E-state index contributed by atoms with van der Waals surface area (Å²) >= 11 is 0. The van der Waals surface area contributed by atoms with Crippen LogP contribution < -0.4 is 4.98 Å². The number of imidazole rings is 1. The molecule has 5 nitrogen and oxygen atoms in total. The third kappa shape index (κ3) is 7.28. The first-order valence-corrected chi connectivity index (χ1v) is 23.1. The van der Waals surface area contributed by atoms with Crippen LogP contribution in [0.4, 0.5) is 0 Å². The maximum Gasteiger partial charge on any atom is 2.00 e. The van der Waals surface area contributed by atoms with Crippen LogP contribution in [-0.4, -0.2) is 19.1 Å². The Labute approximate surface area is 414 Å². The zero-order chi connectivity index (χ0) is 47.2. The molecule has 0 N–H and O–H groups in total. The Hall–Kier alpha value is -7.33. The maximum absolute atomic E-state index is 9.72. The Morgan fingerprint density at radius 1 is 0.632 bits per heavy atom. The minimum absolute atomic E-state index is 0. The van der Waals surface area contributed by atoms with Crippen LogP contribution in [0.3, 0.4) is 0 Å². The number of pyridine rings is 1. The summed E-state index contributed by atoms with van der Waals surface area (Å²) in [6.07, 6.45) is 0.0383. The van der Waals surface area contributed by atoms with E-state index in [-0.39, 0.29) is 21.1 Å². The molecular formula is C62H49N5Pt. The van der Waals surface area contributed by atoms with Gasteiger partial charge >= 0.3 is 21.1 Å². The van der Waals surface area contributed by atoms with E-state index in [1.54, 1.807) is 0 Å². The van der Waals surface area contributed by atoms with Crippen molar-refractivity contribution in [1.82, 2.24) is 24.1 Å². The fourth-order valence-corrected chi connectivity index (χ4v) is 9.97. The van der Waals surface area contributed by atoms with E-state index in [4.69, 9.17) is 15.0 Å². The van der Waals surface area contributed by atoms with Crippen molar-refractivity contribution in [2.45, 2.75) is 52.3 Å².